The van der Waals surface area contributed by atoms with E-state index in [1.807, 2.05) is 4.90 Å². The van der Waals surface area contributed by atoms with E-state index in [1.165, 1.54) is 6.07 Å². The van der Waals surface area contributed by atoms with Gasteiger partial charge in [0.1, 0.15) is 0 Å². The fraction of sp³-hybridized carbons (Fsp3) is 0.385. The molecule has 0 heterocycles. The van der Waals surface area contributed by atoms with Crippen molar-refractivity contribution >= 4 is 23.2 Å². The highest BCUT2D eigenvalue weighted by Gasteiger charge is 2.13. The van der Waals surface area contributed by atoms with Crippen LogP contribution in [-0.2, 0) is 4.79 Å². The number of nitrogen functional groups attached to an aromatic ring is 1. The predicted molar refractivity (Wildman–Crippen MR) is 75.7 cm³/mol. The predicted octanol–water partition coefficient (Wildman–Crippen LogP) is 0.460. The quantitative estimate of drug-likeness (QED) is 0.620. The number of primary amides is 2. The number of anilines is 2. The molecule has 0 fully saturated rings. The highest BCUT2D eigenvalue weighted by atomic mass is 16.1. The third-order valence-electron chi connectivity index (χ3n) is 2.78. The van der Waals surface area contributed by atoms with Crippen molar-refractivity contribution in [3.8, 4) is 0 Å². The highest BCUT2D eigenvalue weighted by molar-refractivity contribution is 5.95. The molecule has 0 spiro atoms. The first kappa shape index (κ1) is 14.8. The Bertz CT molecular complexity index is 474. The van der Waals surface area contributed by atoms with Gasteiger partial charge in [0, 0.05) is 12.1 Å². The molecule has 104 valence electrons. The lowest BCUT2D eigenvalue weighted by Crippen LogP contribution is -2.35. The minimum absolute atomic E-state index is 0.0973. The van der Waals surface area contributed by atoms with Crippen LogP contribution in [0, 0.1) is 0 Å². The molecule has 0 aliphatic heterocycles. The Balaban J connectivity index is 3.00. The second-order valence-corrected chi connectivity index (χ2v) is 4.38. The number of unbranched alkanes of at least 4 members (excludes halogenated alkanes) is 1. The molecule has 2 amide bonds. The molecule has 0 unspecified atom stereocenters. The first-order valence-electron chi connectivity index (χ1n) is 6.18. The Labute approximate surface area is 112 Å². The zero-order valence-electron chi connectivity index (χ0n) is 11.1. The van der Waals surface area contributed by atoms with Crippen LogP contribution in [-0.4, -0.2) is 24.9 Å². The molecule has 19 heavy (non-hydrogen) atoms. The van der Waals surface area contributed by atoms with Gasteiger partial charge in [0.05, 0.1) is 17.9 Å². The number of rotatable bonds is 7. The number of amides is 2. The van der Waals surface area contributed by atoms with Gasteiger partial charge in [-0.25, -0.2) is 0 Å². The van der Waals surface area contributed by atoms with Gasteiger partial charge in [-0.05, 0) is 24.6 Å². The Morgan fingerprint density at radius 1 is 1.26 bits per heavy atom. The molecule has 6 N–H and O–H groups in total. The number of nitrogens with zero attached hydrogens (tertiary/aromatic N) is 1. The molecule has 1 aromatic carbocycles. The zero-order chi connectivity index (χ0) is 14.4. The Morgan fingerprint density at radius 3 is 2.42 bits per heavy atom. The average molecular weight is 264 g/mol. The summed E-state index contributed by atoms with van der Waals surface area (Å²) in [5.74, 6) is -0.956. The minimum Gasteiger partial charge on any atom is -0.397 e. The third kappa shape index (κ3) is 4.17. The molecule has 6 heteroatoms. The number of carbonyl (C=O) groups excluding carboxylic acids is 2. The lowest BCUT2D eigenvalue weighted by molar-refractivity contribution is -0.116. The maximum atomic E-state index is 11.1. The molecular weight excluding hydrogens is 244 g/mol. The largest absolute Gasteiger partial charge is 0.397 e. The van der Waals surface area contributed by atoms with Gasteiger partial charge < -0.3 is 22.1 Å². The van der Waals surface area contributed by atoms with Gasteiger partial charge in [0.15, 0.2) is 0 Å². The second-order valence-electron chi connectivity index (χ2n) is 4.38. The molecule has 0 radical (unpaired) electrons. The van der Waals surface area contributed by atoms with E-state index >= 15 is 0 Å². The number of hydrogen-bond acceptors (Lipinski definition) is 4. The molecule has 0 aromatic heterocycles. The molecule has 0 bridgehead atoms. The maximum absolute atomic E-state index is 11.1. The normalized spacial score (nSPS) is 10.2. The Morgan fingerprint density at radius 2 is 1.95 bits per heavy atom. The van der Waals surface area contributed by atoms with Crippen LogP contribution in [0.3, 0.4) is 0 Å². The summed E-state index contributed by atoms with van der Waals surface area (Å²) in [7, 11) is 0. The summed E-state index contributed by atoms with van der Waals surface area (Å²) in [5, 5.41) is 0. The Hall–Kier alpha value is -2.24. The van der Waals surface area contributed by atoms with E-state index in [0.29, 0.717) is 23.5 Å². The van der Waals surface area contributed by atoms with Crippen LogP contribution in [0.5, 0.6) is 0 Å². The fourth-order valence-corrected chi connectivity index (χ4v) is 1.82. The SMILES string of the molecule is CCCCN(CC(N)=O)c1ccc(C(N)=O)cc1N. The van der Waals surface area contributed by atoms with Crippen LogP contribution in [0.2, 0.25) is 0 Å². The van der Waals surface area contributed by atoms with Crippen LogP contribution in [0.25, 0.3) is 0 Å². The number of benzene rings is 1. The number of carbonyl (C=O) groups is 2. The summed E-state index contributed by atoms with van der Waals surface area (Å²) in [4.78, 5) is 24.0. The maximum Gasteiger partial charge on any atom is 0.248 e. The van der Waals surface area contributed by atoms with E-state index in [9.17, 15) is 9.59 Å². The molecule has 0 aliphatic carbocycles. The van der Waals surface area contributed by atoms with Crippen molar-refractivity contribution in [2.75, 3.05) is 23.7 Å². The van der Waals surface area contributed by atoms with Crippen LogP contribution in [0.4, 0.5) is 11.4 Å². The van der Waals surface area contributed by atoms with Crippen molar-refractivity contribution in [1.29, 1.82) is 0 Å². The number of nitrogens with two attached hydrogens (primary N) is 3. The molecule has 0 aliphatic rings. The van der Waals surface area contributed by atoms with Crippen molar-refractivity contribution in [3.63, 3.8) is 0 Å². The van der Waals surface area contributed by atoms with Crippen LogP contribution in [0.15, 0.2) is 18.2 Å². The standard InChI is InChI=1S/C13H20N4O2/c1-2-3-6-17(8-12(15)18)11-5-4-9(13(16)19)7-10(11)14/h4-5,7H,2-3,6,8,14H2,1H3,(H2,15,18)(H2,16,19). The van der Waals surface area contributed by atoms with E-state index in [4.69, 9.17) is 17.2 Å². The van der Waals surface area contributed by atoms with E-state index in [0.717, 1.165) is 12.8 Å². The first-order valence-corrected chi connectivity index (χ1v) is 6.18. The van der Waals surface area contributed by atoms with Crippen molar-refractivity contribution < 1.29 is 9.59 Å². The van der Waals surface area contributed by atoms with Gasteiger partial charge in [-0.15, -0.1) is 0 Å². The summed E-state index contributed by atoms with van der Waals surface area (Å²) in [6.45, 7) is 2.83. The van der Waals surface area contributed by atoms with Crippen LogP contribution < -0.4 is 22.1 Å². The molecule has 1 aromatic rings. The zero-order valence-corrected chi connectivity index (χ0v) is 11.1. The molecule has 6 nitrogen and oxygen atoms in total. The van der Waals surface area contributed by atoms with Crippen LogP contribution in [0.1, 0.15) is 30.1 Å². The average Bonchev–Trinajstić information content (AvgIpc) is 2.34. The molecule has 0 saturated carbocycles. The van der Waals surface area contributed by atoms with Gasteiger partial charge in [0.25, 0.3) is 0 Å². The van der Waals surface area contributed by atoms with Gasteiger partial charge >= 0.3 is 0 Å². The highest BCUT2D eigenvalue weighted by Crippen LogP contribution is 2.24. The fourth-order valence-electron chi connectivity index (χ4n) is 1.82. The third-order valence-corrected chi connectivity index (χ3v) is 2.78. The second kappa shape index (κ2) is 6.63. The summed E-state index contributed by atoms with van der Waals surface area (Å²) < 4.78 is 0. The number of hydrogen-bond donors (Lipinski definition) is 3. The van der Waals surface area contributed by atoms with E-state index in [1.54, 1.807) is 12.1 Å². The van der Waals surface area contributed by atoms with Gasteiger partial charge in [-0.3, -0.25) is 9.59 Å². The molecular formula is C13H20N4O2. The summed E-state index contributed by atoms with van der Waals surface area (Å²) in [6.07, 6.45) is 1.92. The van der Waals surface area contributed by atoms with Crippen molar-refractivity contribution in [2.45, 2.75) is 19.8 Å². The van der Waals surface area contributed by atoms with E-state index < -0.39 is 11.8 Å². The smallest absolute Gasteiger partial charge is 0.248 e. The lowest BCUT2D eigenvalue weighted by atomic mass is 10.1. The molecule has 0 atom stereocenters. The van der Waals surface area contributed by atoms with E-state index in [2.05, 4.69) is 6.92 Å². The monoisotopic (exact) mass is 264 g/mol. The summed E-state index contributed by atoms with van der Waals surface area (Å²) in [5.41, 5.74) is 17.8. The van der Waals surface area contributed by atoms with Gasteiger partial charge in [-0.2, -0.15) is 0 Å². The molecule has 0 saturated heterocycles. The summed E-state index contributed by atoms with van der Waals surface area (Å²) >= 11 is 0. The minimum atomic E-state index is -0.534. The van der Waals surface area contributed by atoms with Crippen molar-refractivity contribution in [2.24, 2.45) is 11.5 Å². The first-order chi connectivity index (χ1) is 8.95. The molecule has 1 rings (SSSR count). The lowest BCUT2D eigenvalue weighted by Gasteiger charge is -2.24. The topological polar surface area (TPSA) is 115 Å². The van der Waals surface area contributed by atoms with Crippen molar-refractivity contribution in [3.05, 3.63) is 23.8 Å². The van der Waals surface area contributed by atoms with Gasteiger partial charge in [0.2, 0.25) is 11.8 Å². The van der Waals surface area contributed by atoms with Gasteiger partial charge in [-0.1, -0.05) is 13.3 Å². The van der Waals surface area contributed by atoms with Crippen LogP contribution >= 0.6 is 0 Å². The van der Waals surface area contributed by atoms with Crippen molar-refractivity contribution in [1.82, 2.24) is 0 Å². The Kier molecular flexibility index (Phi) is 5.17. The summed E-state index contributed by atoms with van der Waals surface area (Å²) in [6, 6.07) is 4.79. The van der Waals surface area contributed by atoms with E-state index in [-0.39, 0.29) is 6.54 Å².